The highest BCUT2D eigenvalue weighted by atomic mass is 32.2. The topological polar surface area (TPSA) is 131 Å². The van der Waals surface area contributed by atoms with Gasteiger partial charge in [0.15, 0.2) is 11.5 Å². The minimum Gasteiger partial charge on any atom is -0.493 e. The van der Waals surface area contributed by atoms with Crippen molar-refractivity contribution in [3.8, 4) is 17.6 Å². The highest BCUT2D eigenvalue weighted by Crippen LogP contribution is 2.38. The van der Waals surface area contributed by atoms with Crippen molar-refractivity contribution in [2.75, 3.05) is 32.2 Å². The number of pyridine rings is 1. The van der Waals surface area contributed by atoms with Crippen LogP contribution >= 0.6 is 0 Å². The van der Waals surface area contributed by atoms with Crippen LogP contribution in [0.25, 0.3) is 10.9 Å². The van der Waals surface area contributed by atoms with E-state index in [0.29, 0.717) is 48.5 Å². The van der Waals surface area contributed by atoms with Crippen LogP contribution in [-0.4, -0.2) is 46.8 Å². The van der Waals surface area contributed by atoms with Gasteiger partial charge in [-0.3, -0.25) is 4.98 Å². The van der Waals surface area contributed by atoms with Gasteiger partial charge in [0.25, 0.3) is 10.2 Å². The molecular weight excluding hydrogens is 370 g/mol. The Kier molecular flexibility index (Phi) is 5.36. The Balaban J connectivity index is 1.99. The SMILES string of the molecule is COc1cc2ncc(C#N)c(N3CCC(NS(N)(=O)=O)CC3)c2cc1OC. The maximum Gasteiger partial charge on any atom is 0.274 e. The molecule has 144 valence electrons. The van der Waals surface area contributed by atoms with Gasteiger partial charge in [0, 0.05) is 36.8 Å². The third kappa shape index (κ3) is 4.05. The first-order valence-corrected chi connectivity index (χ1v) is 9.90. The molecule has 10 heteroatoms. The number of hydrogen-bond donors (Lipinski definition) is 2. The first-order valence-electron chi connectivity index (χ1n) is 8.36. The Morgan fingerprint density at radius 3 is 2.44 bits per heavy atom. The smallest absolute Gasteiger partial charge is 0.274 e. The van der Waals surface area contributed by atoms with Gasteiger partial charge in [-0.25, -0.2) is 5.14 Å². The summed E-state index contributed by atoms with van der Waals surface area (Å²) in [7, 11) is -0.627. The molecule has 1 aliphatic heterocycles. The van der Waals surface area contributed by atoms with Crippen LogP contribution in [0.1, 0.15) is 18.4 Å². The fourth-order valence-corrected chi connectivity index (χ4v) is 4.08. The van der Waals surface area contributed by atoms with Crippen LogP contribution in [-0.2, 0) is 10.2 Å². The van der Waals surface area contributed by atoms with Gasteiger partial charge in [0.05, 0.1) is 31.0 Å². The molecule has 0 unspecified atom stereocenters. The maximum atomic E-state index is 11.2. The number of methoxy groups -OCH3 is 2. The maximum absolute atomic E-state index is 11.2. The summed E-state index contributed by atoms with van der Waals surface area (Å²) < 4.78 is 35.6. The number of piperidine rings is 1. The molecule has 1 aliphatic rings. The van der Waals surface area contributed by atoms with Crippen molar-refractivity contribution in [3.63, 3.8) is 0 Å². The zero-order chi connectivity index (χ0) is 19.6. The van der Waals surface area contributed by atoms with Crippen molar-refractivity contribution in [2.45, 2.75) is 18.9 Å². The number of nitriles is 1. The lowest BCUT2D eigenvalue weighted by atomic mass is 10.0. The summed E-state index contributed by atoms with van der Waals surface area (Å²) in [5.41, 5.74) is 1.90. The molecule has 0 bridgehead atoms. The van der Waals surface area contributed by atoms with Crippen molar-refractivity contribution in [2.24, 2.45) is 5.14 Å². The van der Waals surface area contributed by atoms with Crippen molar-refractivity contribution in [3.05, 3.63) is 23.9 Å². The van der Waals surface area contributed by atoms with Gasteiger partial charge >= 0.3 is 0 Å². The number of aromatic nitrogens is 1. The lowest BCUT2D eigenvalue weighted by molar-refractivity contribution is 0.356. The molecule has 1 aromatic heterocycles. The Labute approximate surface area is 157 Å². The van der Waals surface area contributed by atoms with E-state index in [1.54, 1.807) is 20.3 Å². The second-order valence-electron chi connectivity index (χ2n) is 6.28. The number of rotatable bonds is 5. The zero-order valence-electron chi connectivity index (χ0n) is 15.1. The van der Waals surface area contributed by atoms with Gasteiger partial charge in [0.1, 0.15) is 6.07 Å². The first-order chi connectivity index (χ1) is 12.9. The van der Waals surface area contributed by atoms with Crippen LogP contribution in [0.4, 0.5) is 5.69 Å². The first kappa shape index (κ1) is 19.2. The summed E-state index contributed by atoms with van der Waals surface area (Å²) in [6, 6.07) is 5.56. The summed E-state index contributed by atoms with van der Waals surface area (Å²) in [5.74, 6) is 1.11. The molecule has 1 fully saturated rings. The number of ether oxygens (including phenoxy) is 2. The minimum atomic E-state index is -3.73. The van der Waals surface area contributed by atoms with E-state index in [1.165, 1.54) is 6.20 Å². The second-order valence-corrected chi connectivity index (χ2v) is 7.61. The number of anilines is 1. The van der Waals surface area contributed by atoms with Crippen LogP contribution < -0.4 is 24.2 Å². The number of fused-ring (bicyclic) bond motifs is 1. The van der Waals surface area contributed by atoms with Crippen molar-refractivity contribution in [1.29, 1.82) is 5.26 Å². The van der Waals surface area contributed by atoms with E-state index < -0.39 is 10.2 Å². The van der Waals surface area contributed by atoms with Gasteiger partial charge in [-0.15, -0.1) is 0 Å². The van der Waals surface area contributed by atoms with Gasteiger partial charge in [-0.05, 0) is 18.9 Å². The van der Waals surface area contributed by atoms with E-state index in [0.717, 1.165) is 11.1 Å². The normalized spacial score (nSPS) is 15.6. The summed E-state index contributed by atoms with van der Waals surface area (Å²) >= 11 is 0. The molecule has 27 heavy (non-hydrogen) atoms. The molecule has 1 aromatic carbocycles. The van der Waals surface area contributed by atoms with E-state index in [9.17, 15) is 13.7 Å². The Bertz CT molecular complexity index is 995. The van der Waals surface area contributed by atoms with E-state index in [4.69, 9.17) is 14.6 Å². The highest BCUT2D eigenvalue weighted by Gasteiger charge is 2.25. The molecule has 0 atom stereocenters. The molecule has 0 radical (unpaired) electrons. The molecule has 1 saturated heterocycles. The van der Waals surface area contributed by atoms with Gasteiger partial charge in [0.2, 0.25) is 0 Å². The summed E-state index contributed by atoms with van der Waals surface area (Å²) in [5, 5.41) is 15.4. The average Bonchev–Trinajstić information content (AvgIpc) is 2.65. The molecule has 9 nitrogen and oxygen atoms in total. The van der Waals surface area contributed by atoms with Crippen LogP contribution in [0.15, 0.2) is 18.3 Å². The quantitative estimate of drug-likeness (QED) is 0.774. The lowest BCUT2D eigenvalue weighted by Gasteiger charge is -2.34. The molecule has 0 spiro atoms. The minimum absolute atomic E-state index is 0.218. The van der Waals surface area contributed by atoms with Crippen molar-refractivity contribution in [1.82, 2.24) is 9.71 Å². The van der Waals surface area contributed by atoms with Crippen LogP contribution in [0.3, 0.4) is 0 Å². The fraction of sp³-hybridized carbons (Fsp3) is 0.412. The van der Waals surface area contributed by atoms with E-state index >= 15 is 0 Å². The number of hydrogen-bond acceptors (Lipinski definition) is 7. The van der Waals surface area contributed by atoms with Crippen molar-refractivity contribution < 1.29 is 17.9 Å². The van der Waals surface area contributed by atoms with E-state index in [1.807, 2.05) is 6.07 Å². The summed E-state index contributed by atoms with van der Waals surface area (Å²) in [6.45, 7) is 1.16. The second kappa shape index (κ2) is 7.56. The molecule has 2 aromatic rings. The van der Waals surface area contributed by atoms with Gasteiger partial charge in [-0.1, -0.05) is 0 Å². The fourth-order valence-electron chi connectivity index (χ4n) is 3.38. The highest BCUT2D eigenvalue weighted by molar-refractivity contribution is 7.87. The Morgan fingerprint density at radius 2 is 1.89 bits per heavy atom. The largest absolute Gasteiger partial charge is 0.493 e. The molecule has 0 saturated carbocycles. The van der Waals surface area contributed by atoms with Gasteiger partial charge in [-0.2, -0.15) is 18.4 Å². The molecular formula is C17H21N5O4S. The third-order valence-electron chi connectivity index (χ3n) is 4.61. The van der Waals surface area contributed by atoms with Crippen LogP contribution in [0.2, 0.25) is 0 Å². The zero-order valence-corrected chi connectivity index (χ0v) is 15.9. The molecule has 2 heterocycles. The number of nitrogens with zero attached hydrogens (tertiary/aromatic N) is 3. The monoisotopic (exact) mass is 391 g/mol. The molecule has 3 rings (SSSR count). The Morgan fingerprint density at radius 1 is 1.26 bits per heavy atom. The molecule has 0 amide bonds. The third-order valence-corrected chi connectivity index (χ3v) is 5.27. The molecule has 0 aliphatic carbocycles. The standard InChI is InChI=1S/C17H21N5O4S/c1-25-15-7-13-14(8-16(15)26-2)20-10-11(9-18)17(13)22-5-3-12(4-6-22)21-27(19,23)24/h7-8,10,12,21H,3-6H2,1-2H3,(H2,19,23,24). The van der Waals surface area contributed by atoms with Crippen LogP contribution in [0.5, 0.6) is 11.5 Å². The van der Waals surface area contributed by atoms with Gasteiger partial charge < -0.3 is 14.4 Å². The summed E-state index contributed by atoms with van der Waals surface area (Å²) in [6.07, 6.45) is 2.70. The predicted molar refractivity (Wildman–Crippen MR) is 101 cm³/mol. The lowest BCUT2D eigenvalue weighted by Crippen LogP contribution is -2.46. The number of nitrogens with two attached hydrogens (primary N) is 1. The number of benzene rings is 1. The molecule has 3 N–H and O–H groups in total. The number of nitrogens with one attached hydrogen (secondary N) is 1. The Hall–Kier alpha value is -2.61. The van der Waals surface area contributed by atoms with Crippen molar-refractivity contribution >= 4 is 26.8 Å². The predicted octanol–water partition coefficient (Wildman–Crippen LogP) is 0.886. The van der Waals surface area contributed by atoms with E-state index in [2.05, 4.69) is 20.7 Å². The summed E-state index contributed by atoms with van der Waals surface area (Å²) in [4.78, 5) is 6.43. The average molecular weight is 391 g/mol. The van der Waals surface area contributed by atoms with Crippen LogP contribution in [0, 0.1) is 11.3 Å². The van der Waals surface area contributed by atoms with E-state index in [-0.39, 0.29) is 6.04 Å².